The van der Waals surface area contributed by atoms with Gasteiger partial charge in [0.25, 0.3) is 0 Å². The largest absolute Gasteiger partial charge is 0.477 e. The van der Waals surface area contributed by atoms with E-state index in [1.165, 1.54) is 11.0 Å². The number of aromatic amines is 1. The molecule has 0 aliphatic carbocycles. The van der Waals surface area contributed by atoms with Crippen LogP contribution in [0.5, 0.6) is 0 Å². The van der Waals surface area contributed by atoms with Gasteiger partial charge in [0.05, 0.1) is 18.9 Å². The summed E-state index contributed by atoms with van der Waals surface area (Å²) in [6.07, 6.45) is 0. The number of anilines is 1. The lowest BCUT2D eigenvalue weighted by Gasteiger charge is -2.33. The topological polar surface area (TPSA) is 138 Å². The Morgan fingerprint density at radius 3 is 2.86 bits per heavy atom. The number of H-pyrrole nitrogens is 1. The number of nitrogens with zero attached hydrogens (tertiary/aromatic N) is 1. The molecule has 1 unspecified atom stereocenters. The van der Waals surface area contributed by atoms with Gasteiger partial charge in [-0.05, 0) is 13.0 Å². The molecule has 3 amide bonds. The van der Waals surface area contributed by atoms with E-state index in [0.29, 0.717) is 5.69 Å². The highest BCUT2D eigenvalue weighted by Gasteiger charge is 2.32. The van der Waals surface area contributed by atoms with Crippen molar-refractivity contribution in [1.29, 1.82) is 0 Å². The number of nitrogens with two attached hydrogens (primary N) is 1. The molecule has 9 nitrogen and oxygen atoms in total. The SMILES string of the molecule is Cc1cc(NC(=O)N2CCOCC2C(N)=O)c(C(=O)O)[nH]1. The van der Waals surface area contributed by atoms with Crippen molar-refractivity contribution in [3.63, 3.8) is 0 Å². The molecule has 0 aromatic carbocycles. The van der Waals surface area contributed by atoms with Crippen LogP contribution in [-0.4, -0.2) is 58.7 Å². The van der Waals surface area contributed by atoms with E-state index in [4.69, 9.17) is 15.6 Å². The van der Waals surface area contributed by atoms with Crippen LogP contribution >= 0.6 is 0 Å². The third-order valence-corrected chi connectivity index (χ3v) is 3.13. The minimum absolute atomic E-state index is 0.0285. The van der Waals surface area contributed by atoms with Gasteiger partial charge in [0, 0.05) is 12.2 Å². The Kier molecular flexibility index (Phi) is 4.13. The molecule has 9 heteroatoms. The van der Waals surface area contributed by atoms with Gasteiger partial charge in [-0.15, -0.1) is 0 Å². The number of aromatic carboxylic acids is 1. The molecule has 2 heterocycles. The van der Waals surface area contributed by atoms with Crippen LogP contribution in [0.2, 0.25) is 0 Å². The molecule has 1 atom stereocenters. The van der Waals surface area contributed by atoms with Crippen molar-refractivity contribution in [2.75, 3.05) is 25.1 Å². The number of aryl methyl sites for hydroxylation is 1. The lowest BCUT2D eigenvalue weighted by molar-refractivity contribution is -0.126. The summed E-state index contributed by atoms with van der Waals surface area (Å²) in [5.41, 5.74) is 5.84. The van der Waals surface area contributed by atoms with E-state index in [9.17, 15) is 14.4 Å². The standard InChI is InChI=1S/C12H16N4O5/c1-6-4-7(9(14-6)11(18)19)15-12(20)16-2-3-21-5-8(16)10(13)17/h4,8,14H,2-3,5H2,1H3,(H2,13,17)(H,15,20)(H,18,19). The van der Waals surface area contributed by atoms with Crippen LogP contribution in [0.25, 0.3) is 0 Å². The number of morpholine rings is 1. The van der Waals surface area contributed by atoms with E-state index in [-0.39, 0.29) is 31.1 Å². The molecule has 1 aromatic heterocycles. The monoisotopic (exact) mass is 296 g/mol. The summed E-state index contributed by atoms with van der Waals surface area (Å²) in [4.78, 5) is 38.5. The molecule has 114 valence electrons. The van der Waals surface area contributed by atoms with Crippen LogP contribution in [-0.2, 0) is 9.53 Å². The quantitative estimate of drug-likeness (QED) is 0.608. The molecule has 0 spiro atoms. The highest BCUT2D eigenvalue weighted by atomic mass is 16.5. The normalized spacial score (nSPS) is 18.3. The fraction of sp³-hybridized carbons (Fsp3) is 0.417. The molecule has 5 N–H and O–H groups in total. The molecule has 1 fully saturated rings. The summed E-state index contributed by atoms with van der Waals surface area (Å²) >= 11 is 0. The molecule has 0 saturated carbocycles. The van der Waals surface area contributed by atoms with Crippen LogP contribution < -0.4 is 11.1 Å². The van der Waals surface area contributed by atoms with Gasteiger partial charge < -0.3 is 30.8 Å². The molecular weight excluding hydrogens is 280 g/mol. The fourth-order valence-corrected chi connectivity index (χ4v) is 2.13. The number of carboxylic acid groups (broad SMARTS) is 1. The van der Waals surface area contributed by atoms with Crippen molar-refractivity contribution in [2.24, 2.45) is 5.73 Å². The summed E-state index contributed by atoms with van der Waals surface area (Å²) in [5.74, 6) is -1.86. The molecule has 1 aromatic rings. The third kappa shape index (κ3) is 3.14. The summed E-state index contributed by atoms with van der Waals surface area (Å²) in [6, 6.07) is 0.0387. The minimum Gasteiger partial charge on any atom is -0.477 e. The molecule has 0 bridgehead atoms. The van der Waals surface area contributed by atoms with Crippen molar-refractivity contribution in [1.82, 2.24) is 9.88 Å². The first-order valence-electron chi connectivity index (χ1n) is 6.27. The molecule has 0 radical (unpaired) electrons. The zero-order valence-electron chi connectivity index (χ0n) is 11.4. The van der Waals surface area contributed by atoms with E-state index in [2.05, 4.69) is 10.3 Å². The smallest absolute Gasteiger partial charge is 0.354 e. The van der Waals surface area contributed by atoms with Crippen LogP contribution in [0, 0.1) is 6.92 Å². The van der Waals surface area contributed by atoms with E-state index in [1.807, 2.05) is 0 Å². The second-order valence-electron chi connectivity index (χ2n) is 4.66. The van der Waals surface area contributed by atoms with Gasteiger partial charge in [-0.25, -0.2) is 9.59 Å². The number of hydrogen-bond donors (Lipinski definition) is 4. The molecule has 2 rings (SSSR count). The first kappa shape index (κ1) is 14.9. The van der Waals surface area contributed by atoms with Gasteiger partial charge in [0.15, 0.2) is 0 Å². The van der Waals surface area contributed by atoms with Crippen LogP contribution in [0.15, 0.2) is 6.07 Å². The lowest BCUT2D eigenvalue weighted by Crippen LogP contribution is -2.55. The second kappa shape index (κ2) is 5.83. The summed E-state index contributed by atoms with van der Waals surface area (Å²) in [5, 5.41) is 11.5. The number of rotatable bonds is 3. The van der Waals surface area contributed by atoms with Gasteiger partial charge in [0.2, 0.25) is 5.91 Å². The van der Waals surface area contributed by atoms with Crippen molar-refractivity contribution < 1.29 is 24.2 Å². The maximum Gasteiger partial charge on any atom is 0.354 e. The van der Waals surface area contributed by atoms with Gasteiger partial charge in [-0.1, -0.05) is 0 Å². The zero-order valence-corrected chi connectivity index (χ0v) is 11.4. The van der Waals surface area contributed by atoms with Crippen molar-refractivity contribution in [2.45, 2.75) is 13.0 Å². The van der Waals surface area contributed by atoms with Gasteiger partial charge in [0.1, 0.15) is 11.7 Å². The number of urea groups is 1. The van der Waals surface area contributed by atoms with Gasteiger partial charge in [-0.3, -0.25) is 4.79 Å². The van der Waals surface area contributed by atoms with Gasteiger partial charge in [-0.2, -0.15) is 0 Å². The van der Waals surface area contributed by atoms with Crippen molar-refractivity contribution in [3.8, 4) is 0 Å². The first-order valence-corrected chi connectivity index (χ1v) is 6.27. The van der Waals surface area contributed by atoms with Crippen LogP contribution in [0.3, 0.4) is 0 Å². The lowest BCUT2D eigenvalue weighted by atomic mass is 10.2. The Bertz CT molecular complexity index is 582. The Morgan fingerprint density at radius 1 is 1.52 bits per heavy atom. The Labute approximate surface area is 120 Å². The van der Waals surface area contributed by atoms with Gasteiger partial charge >= 0.3 is 12.0 Å². The van der Waals surface area contributed by atoms with E-state index in [0.717, 1.165) is 0 Å². The average molecular weight is 296 g/mol. The summed E-state index contributed by atoms with van der Waals surface area (Å²) in [6.45, 7) is 2.18. The molecule has 1 aliphatic rings. The maximum atomic E-state index is 12.2. The van der Waals surface area contributed by atoms with E-state index >= 15 is 0 Å². The predicted octanol–water partition coefficient (Wildman–Crippen LogP) is -0.261. The molecule has 1 saturated heterocycles. The number of carboxylic acids is 1. The van der Waals surface area contributed by atoms with Crippen LogP contribution in [0.1, 0.15) is 16.2 Å². The Balaban J connectivity index is 2.17. The number of primary amides is 1. The zero-order chi connectivity index (χ0) is 15.6. The maximum absolute atomic E-state index is 12.2. The van der Waals surface area contributed by atoms with E-state index in [1.54, 1.807) is 6.92 Å². The first-order chi connectivity index (χ1) is 9.90. The number of hydrogen-bond acceptors (Lipinski definition) is 4. The van der Waals surface area contributed by atoms with Crippen LogP contribution in [0.4, 0.5) is 10.5 Å². The van der Waals surface area contributed by atoms with E-state index < -0.39 is 23.9 Å². The predicted molar refractivity (Wildman–Crippen MR) is 72.0 cm³/mol. The Morgan fingerprint density at radius 2 is 2.24 bits per heavy atom. The number of carbonyl (C=O) groups excluding carboxylic acids is 2. The number of carbonyl (C=O) groups is 3. The summed E-state index contributed by atoms with van der Waals surface area (Å²) in [7, 11) is 0. The minimum atomic E-state index is -1.19. The Hall–Kier alpha value is -2.55. The third-order valence-electron chi connectivity index (χ3n) is 3.13. The fourth-order valence-electron chi connectivity index (χ4n) is 2.13. The highest BCUT2D eigenvalue weighted by molar-refractivity contribution is 6.00. The highest BCUT2D eigenvalue weighted by Crippen LogP contribution is 2.18. The number of amides is 3. The van der Waals surface area contributed by atoms with Crippen molar-refractivity contribution >= 4 is 23.6 Å². The number of aromatic nitrogens is 1. The molecule has 21 heavy (non-hydrogen) atoms. The second-order valence-corrected chi connectivity index (χ2v) is 4.66. The number of nitrogens with one attached hydrogen (secondary N) is 2. The van der Waals surface area contributed by atoms with Crippen molar-refractivity contribution in [3.05, 3.63) is 17.5 Å². The molecule has 1 aliphatic heterocycles. The average Bonchev–Trinajstić information content (AvgIpc) is 2.79. The summed E-state index contributed by atoms with van der Waals surface area (Å²) < 4.78 is 5.12. The number of ether oxygens (including phenoxy) is 1. The molecular formula is C12H16N4O5.